The summed E-state index contributed by atoms with van der Waals surface area (Å²) in [6.07, 6.45) is 4.80. The number of nitrogens with two attached hydrogens (primary N) is 1. The summed E-state index contributed by atoms with van der Waals surface area (Å²) in [5, 5.41) is 0.134. The number of aryl methyl sites for hydroxylation is 1. The van der Waals surface area contributed by atoms with Crippen LogP contribution in [0.1, 0.15) is 29.7 Å². The molecule has 0 aliphatic carbocycles. The minimum Gasteiger partial charge on any atom is -0.324 e. The molecule has 1 aromatic carbocycles. The van der Waals surface area contributed by atoms with Crippen LogP contribution in [0.4, 0.5) is 4.39 Å². The molecule has 1 heterocycles. The van der Waals surface area contributed by atoms with Gasteiger partial charge in [-0.3, -0.25) is 4.98 Å². The Balaban J connectivity index is 2.26. The van der Waals surface area contributed by atoms with E-state index in [1.165, 1.54) is 6.07 Å². The van der Waals surface area contributed by atoms with Crippen LogP contribution in [0.25, 0.3) is 0 Å². The predicted molar refractivity (Wildman–Crippen MR) is 75.7 cm³/mol. The van der Waals surface area contributed by atoms with E-state index in [1.54, 1.807) is 18.3 Å². The first kappa shape index (κ1) is 14.0. The maximum absolute atomic E-state index is 13.9. The van der Waals surface area contributed by atoms with Gasteiger partial charge in [-0.05, 0) is 41.7 Å². The van der Waals surface area contributed by atoms with E-state index in [0.29, 0.717) is 12.0 Å². The van der Waals surface area contributed by atoms with Crippen molar-refractivity contribution in [3.8, 4) is 0 Å². The van der Waals surface area contributed by atoms with Crippen molar-refractivity contribution in [3.63, 3.8) is 0 Å². The normalized spacial score (nSPS) is 12.4. The van der Waals surface area contributed by atoms with Gasteiger partial charge in [0.2, 0.25) is 0 Å². The van der Waals surface area contributed by atoms with Crippen molar-refractivity contribution in [3.05, 3.63) is 64.2 Å². The van der Waals surface area contributed by atoms with E-state index in [4.69, 9.17) is 17.3 Å². The van der Waals surface area contributed by atoms with Gasteiger partial charge in [-0.25, -0.2) is 4.39 Å². The second kappa shape index (κ2) is 6.13. The van der Waals surface area contributed by atoms with Crippen LogP contribution in [-0.4, -0.2) is 4.98 Å². The van der Waals surface area contributed by atoms with E-state index in [1.807, 2.05) is 19.2 Å². The Morgan fingerprint density at radius 1 is 1.32 bits per heavy atom. The molecule has 0 spiro atoms. The fourth-order valence-corrected chi connectivity index (χ4v) is 2.34. The number of hydrogen-bond donors (Lipinski definition) is 1. The summed E-state index contributed by atoms with van der Waals surface area (Å²) in [5.74, 6) is -0.383. The number of benzene rings is 1. The van der Waals surface area contributed by atoms with Gasteiger partial charge in [0.25, 0.3) is 0 Å². The van der Waals surface area contributed by atoms with Crippen LogP contribution in [0.3, 0.4) is 0 Å². The number of halogens is 2. The van der Waals surface area contributed by atoms with E-state index >= 15 is 0 Å². The highest BCUT2D eigenvalue weighted by atomic mass is 35.5. The smallest absolute Gasteiger partial charge is 0.145 e. The summed E-state index contributed by atoms with van der Waals surface area (Å²) >= 11 is 5.78. The largest absolute Gasteiger partial charge is 0.324 e. The molecule has 0 radical (unpaired) electrons. The Morgan fingerprint density at radius 2 is 2.11 bits per heavy atom. The van der Waals surface area contributed by atoms with E-state index in [-0.39, 0.29) is 16.9 Å². The first-order chi connectivity index (χ1) is 9.13. The summed E-state index contributed by atoms with van der Waals surface area (Å²) in [7, 11) is 0. The van der Waals surface area contributed by atoms with Crippen LogP contribution in [0.15, 0.2) is 36.7 Å². The maximum atomic E-state index is 13.9. The topological polar surface area (TPSA) is 38.9 Å². The molecule has 1 unspecified atom stereocenters. The molecule has 0 saturated carbocycles. The van der Waals surface area contributed by atoms with E-state index < -0.39 is 0 Å². The van der Waals surface area contributed by atoms with Crippen molar-refractivity contribution in [1.82, 2.24) is 4.98 Å². The molecule has 0 amide bonds. The zero-order valence-electron chi connectivity index (χ0n) is 10.7. The average molecular weight is 279 g/mol. The fraction of sp³-hybridized carbons (Fsp3) is 0.267. The molecule has 4 heteroatoms. The maximum Gasteiger partial charge on any atom is 0.145 e. The summed E-state index contributed by atoms with van der Waals surface area (Å²) in [6, 6.07) is 6.63. The lowest BCUT2D eigenvalue weighted by Gasteiger charge is -2.16. The molecule has 0 aliphatic heterocycles. The van der Waals surface area contributed by atoms with Crippen molar-refractivity contribution in [2.24, 2.45) is 5.73 Å². The Kier molecular flexibility index (Phi) is 4.51. The van der Waals surface area contributed by atoms with Crippen molar-refractivity contribution < 1.29 is 4.39 Å². The lowest BCUT2D eigenvalue weighted by atomic mass is 9.96. The highest BCUT2D eigenvalue weighted by Gasteiger charge is 2.14. The van der Waals surface area contributed by atoms with Gasteiger partial charge in [0.05, 0.1) is 5.02 Å². The number of nitrogens with zero attached hydrogens (tertiary/aromatic N) is 1. The third-order valence-corrected chi connectivity index (χ3v) is 3.49. The molecular weight excluding hydrogens is 263 g/mol. The van der Waals surface area contributed by atoms with Crippen molar-refractivity contribution in [2.45, 2.75) is 25.8 Å². The number of aromatic nitrogens is 1. The van der Waals surface area contributed by atoms with Gasteiger partial charge in [-0.15, -0.1) is 0 Å². The predicted octanol–water partition coefficient (Wildman–Crippen LogP) is 3.68. The van der Waals surface area contributed by atoms with Crippen molar-refractivity contribution in [1.29, 1.82) is 0 Å². The standard InChI is InChI=1S/C15H16ClFN2/c1-2-10-9-19-7-6-12(10)14(18)8-11-4-3-5-13(16)15(11)17/h3-7,9,14H,2,8,18H2,1H3. The second-order valence-corrected chi connectivity index (χ2v) is 4.86. The Bertz CT molecular complexity index is 572. The van der Waals surface area contributed by atoms with Crippen LogP contribution in [0.5, 0.6) is 0 Å². The van der Waals surface area contributed by atoms with Crippen molar-refractivity contribution >= 4 is 11.6 Å². The van der Waals surface area contributed by atoms with Crippen LogP contribution in [-0.2, 0) is 12.8 Å². The number of rotatable bonds is 4. The average Bonchev–Trinajstić information content (AvgIpc) is 2.43. The van der Waals surface area contributed by atoms with Gasteiger partial charge in [-0.2, -0.15) is 0 Å². The third kappa shape index (κ3) is 3.11. The number of pyridine rings is 1. The fourth-order valence-electron chi connectivity index (χ4n) is 2.15. The van der Waals surface area contributed by atoms with E-state index in [9.17, 15) is 4.39 Å². The highest BCUT2D eigenvalue weighted by molar-refractivity contribution is 6.30. The molecular formula is C15H16ClFN2. The molecule has 2 aromatic rings. The molecule has 1 aromatic heterocycles. The molecule has 1 atom stereocenters. The summed E-state index contributed by atoms with van der Waals surface area (Å²) in [4.78, 5) is 4.09. The molecule has 100 valence electrons. The van der Waals surface area contributed by atoms with Crippen LogP contribution in [0.2, 0.25) is 5.02 Å². The Morgan fingerprint density at radius 3 is 2.84 bits per heavy atom. The first-order valence-electron chi connectivity index (χ1n) is 6.24. The molecule has 2 N–H and O–H groups in total. The summed E-state index contributed by atoms with van der Waals surface area (Å²) in [6.45, 7) is 2.05. The SMILES string of the molecule is CCc1cnccc1C(N)Cc1cccc(Cl)c1F. The molecule has 19 heavy (non-hydrogen) atoms. The molecule has 0 aliphatic rings. The lowest BCUT2D eigenvalue weighted by Crippen LogP contribution is -2.16. The second-order valence-electron chi connectivity index (χ2n) is 4.45. The monoisotopic (exact) mass is 278 g/mol. The minimum atomic E-state index is -0.383. The summed E-state index contributed by atoms with van der Waals surface area (Å²) < 4.78 is 13.9. The van der Waals surface area contributed by atoms with Gasteiger partial charge < -0.3 is 5.73 Å². The van der Waals surface area contributed by atoms with Crippen molar-refractivity contribution in [2.75, 3.05) is 0 Å². The minimum absolute atomic E-state index is 0.134. The molecule has 2 nitrogen and oxygen atoms in total. The van der Waals surface area contributed by atoms with Gasteiger partial charge in [-0.1, -0.05) is 30.7 Å². The molecule has 0 fully saturated rings. The van der Waals surface area contributed by atoms with Crippen LogP contribution >= 0.6 is 11.6 Å². The zero-order chi connectivity index (χ0) is 13.8. The van der Waals surface area contributed by atoms with Gasteiger partial charge in [0.15, 0.2) is 0 Å². The zero-order valence-corrected chi connectivity index (χ0v) is 11.5. The molecule has 2 rings (SSSR count). The first-order valence-corrected chi connectivity index (χ1v) is 6.62. The molecule has 0 bridgehead atoms. The van der Waals surface area contributed by atoms with Gasteiger partial charge in [0, 0.05) is 18.4 Å². The Labute approximate surface area is 117 Å². The Hall–Kier alpha value is -1.45. The molecule has 0 saturated heterocycles. The van der Waals surface area contributed by atoms with E-state index in [2.05, 4.69) is 4.98 Å². The number of hydrogen-bond acceptors (Lipinski definition) is 2. The lowest BCUT2D eigenvalue weighted by molar-refractivity contribution is 0.592. The van der Waals surface area contributed by atoms with Crippen LogP contribution in [0, 0.1) is 5.82 Å². The van der Waals surface area contributed by atoms with Gasteiger partial charge >= 0.3 is 0 Å². The quantitative estimate of drug-likeness (QED) is 0.927. The van der Waals surface area contributed by atoms with E-state index in [0.717, 1.165) is 17.5 Å². The van der Waals surface area contributed by atoms with Crippen LogP contribution < -0.4 is 5.73 Å². The summed E-state index contributed by atoms with van der Waals surface area (Å²) in [5.41, 5.74) is 8.83. The third-order valence-electron chi connectivity index (χ3n) is 3.19. The van der Waals surface area contributed by atoms with Gasteiger partial charge in [0.1, 0.15) is 5.82 Å². The highest BCUT2D eigenvalue weighted by Crippen LogP contribution is 2.24.